The summed E-state index contributed by atoms with van der Waals surface area (Å²) >= 11 is 0. The number of amides is 1. The highest BCUT2D eigenvalue weighted by Gasteiger charge is 2.23. The third kappa shape index (κ3) is 4.77. The fraction of sp³-hybridized carbons (Fsp3) is 0.643. The first kappa shape index (κ1) is 14.7. The molecule has 1 aromatic heterocycles. The van der Waals surface area contributed by atoms with E-state index in [1.54, 1.807) is 18.6 Å². The van der Waals surface area contributed by atoms with Crippen LogP contribution in [0.3, 0.4) is 0 Å². The van der Waals surface area contributed by atoms with E-state index in [1.165, 1.54) is 0 Å². The minimum Gasteiger partial charge on any atom is -0.473 e. The standard InChI is InChI=1S/C14H22N4O2/c1-18(2)10-13(19)17-11-3-5-12(6-4-11)20-14-9-15-7-8-16-14/h7-9,11-12H,3-6,10H2,1-2H3,(H,17,19). The largest absolute Gasteiger partial charge is 0.473 e. The van der Waals surface area contributed by atoms with Gasteiger partial charge in [0, 0.05) is 18.4 Å². The molecule has 1 N–H and O–H groups in total. The van der Waals surface area contributed by atoms with Gasteiger partial charge < -0.3 is 15.0 Å². The van der Waals surface area contributed by atoms with Gasteiger partial charge in [-0.3, -0.25) is 9.78 Å². The molecule has 0 atom stereocenters. The molecule has 1 aliphatic rings. The molecular weight excluding hydrogens is 256 g/mol. The van der Waals surface area contributed by atoms with Gasteiger partial charge in [-0.25, -0.2) is 4.98 Å². The molecule has 6 nitrogen and oxygen atoms in total. The van der Waals surface area contributed by atoms with Gasteiger partial charge in [0.1, 0.15) is 6.10 Å². The summed E-state index contributed by atoms with van der Waals surface area (Å²) in [5.74, 6) is 0.667. The SMILES string of the molecule is CN(C)CC(=O)NC1CCC(Oc2cnccn2)CC1. The van der Waals surface area contributed by atoms with Crippen LogP contribution in [0, 0.1) is 0 Å². The number of hydrogen-bond acceptors (Lipinski definition) is 5. The van der Waals surface area contributed by atoms with Crippen molar-refractivity contribution in [2.75, 3.05) is 20.6 Å². The molecule has 1 heterocycles. The van der Waals surface area contributed by atoms with Crippen LogP contribution in [0.15, 0.2) is 18.6 Å². The van der Waals surface area contributed by atoms with Crippen LogP contribution in [0.5, 0.6) is 5.88 Å². The fourth-order valence-corrected chi connectivity index (χ4v) is 2.40. The van der Waals surface area contributed by atoms with Gasteiger partial charge in [0.05, 0.1) is 12.7 Å². The van der Waals surface area contributed by atoms with Crippen LogP contribution in [0.25, 0.3) is 0 Å². The second-order valence-electron chi connectivity index (χ2n) is 5.44. The second kappa shape index (κ2) is 7.19. The van der Waals surface area contributed by atoms with Gasteiger partial charge in [0.25, 0.3) is 0 Å². The summed E-state index contributed by atoms with van der Waals surface area (Å²) < 4.78 is 5.78. The summed E-state index contributed by atoms with van der Waals surface area (Å²) in [6.07, 6.45) is 8.83. The van der Waals surface area contributed by atoms with Crippen LogP contribution in [0.4, 0.5) is 0 Å². The Morgan fingerprint density at radius 2 is 2.10 bits per heavy atom. The Morgan fingerprint density at radius 1 is 1.35 bits per heavy atom. The minimum atomic E-state index is 0.0910. The Morgan fingerprint density at radius 3 is 2.70 bits per heavy atom. The number of aromatic nitrogens is 2. The molecule has 2 rings (SSSR count). The molecule has 110 valence electrons. The van der Waals surface area contributed by atoms with Gasteiger partial charge in [0.15, 0.2) is 0 Å². The predicted molar refractivity (Wildman–Crippen MR) is 75.4 cm³/mol. The summed E-state index contributed by atoms with van der Waals surface area (Å²) in [5.41, 5.74) is 0. The Labute approximate surface area is 119 Å². The molecule has 1 aromatic rings. The van der Waals surface area contributed by atoms with E-state index in [1.807, 2.05) is 19.0 Å². The van der Waals surface area contributed by atoms with Crippen molar-refractivity contribution in [3.63, 3.8) is 0 Å². The minimum absolute atomic E-state index is 0.0910. The van der Waals surface area contributed by atoms with E-state index < -0.39 is 0 Å². The smallest absolute Gasteiger partial charge is 0.234 e. The maximum atomic E-state index is 11.7. The summed E-state index contributed by atoms with van der Waals surface area (Å²) in [6, 6.07) is 0.268. The summed E-state index contributed by atoms with van der Waals surface area (Å²) in [6.45, 7) is 0.441. The predicted octanol–water partition coefficient (Wildman–Crippen LogP) is 0.844. The zero-order valence-electron chi connectivity index (χ0n) is 12.1. The van der Waals surface area contributed by atoms with E-state index >= 15 is 0 Å². The number of carbonyl (C=O) groups is 1. The highest BCUT2D eigenvalue weighted by Crippen LogP contribution is 2.22. The molecule has 20 heavy (non-hydrogen) atoms. The monoisotopic (exact) mass is 278 g/mol. The number of carbonyl (C=O) groups excluding carboxylic acids is 1. The first-order valence-corrected chi connectivity index (χ1v) is 7.00. The normalized spacial score (nSPS) is 22.6. The summed E-state index contributed by atoms with van der Waals surface area (Å²) in [5, 5.41) is 3.07. The summed E-state index contributed by atoms with van der Waals surface area (Å²) in [4.78, 5) is 21.7. The van der Waals surface area contributed by atoms with Crippen molar-refractivity contribution in [1.82, 2.24) is 20.2 Å². The van der Waals surface area contributed by atoms with Gasteiger partial charge in [-0.1, -0.05) is 0 Å². The van der Waals surface area contributed by atoms with E-state index in [0.29, 0.717) is 12.4 Å². The molecule has 6 heteroatoms. The number of rotatable bonds is 5. The van der Waals surface area contributed by atoms with Crippen molar-refractivity contribution in [3.8, 4) is 5.88 Å². The van der Waals surface area contributed by atoms with Crippen LogP contribution in [0.1, 0.15) is 25.7 Å². The van der Waals surface area contributed by atoms with E-state index in [0.717, 1.165) is 25.7 Å². The Balaban J connectivity index is 1.71. The van der Waals surface area contributed by atoms with E-state index in [2.05, 4.69) is 15.3 Å². The van der Waals surface area contributed by atoms with Gasteiger partial charge in [0.2, 0.25) is 11.8 Å². The lowest BCUT2D eigenvalue weighted by molar-refractivity contribution is -0.122. The lowest BCUT2D eigenvalue weighted by atomic mass is 9.93. The van der Waals surface area contributed by atoms with Crippen LogP contribution >= 0.6 is 0 Å². The van der Waals surface area contributed by atoms with Crippen LogP contribution in [-0.2, 0) is 4.79 Å². The molecule has 0 bridgehead atoms. The van der Waals surface area contributed by atoms with Crippen molar-refractivity contribution in [2.45, 2.75) is 37.8 Å². The molecule has 1 aliphatic carbocycles. The zero-order chi connectivity index (χ0) is 14.4. The van der Waals surface area contributed by atoms with Crippen molar-refractivity contribution in [1.29, 1.82) is 0 Å². The van der Waals surface area contributed by atoms with Crippen LogP contribution in [0.2, 0.25) is 0 Å². The maximum Gasteiger partial charge on any atom is 0.234 e. The van der Waals surface area contributed by atoms with E-state index in [-0.39, 0.29) is 18.1 Å². The quantitative estimate of drug-likeness (QED) is 0.864. The lowest BCUT2D eigenvalue weighted by Crippen LogP contribution is -2.43. The highest BCUT2D eigenvalue weighted by atomic mass is 16.5. The average Bonchev–Trinajstić information content (AvgIpc) is 2.41. The topological polar surface area (TPSA) is 67.4 Å². The molecule has 0 aromatic carbocycles. The highest BCUT2D eigenvalue weighted by molar-refractivity contribution is 5.78. The molecule has 1 saturated carbocycles. The Bertz CT molecular complexity index is 416. The number of hydrogen-bond donors (Lipinski definition) is 1. The number of nitrogens with zero attached hydrogens (tertiary/aromatic N) is 3. The molecule has 0 saturated heterocycles. The first-order valence-electron chi connectivity index (χ1n) is 7.00. The average molecular weight is 278 g/mol. The fourth-order valence-electron chi connectivity index (χ4n) is 2.40. The number of ether oxygens (including phenoxy) is 1. The third-order valence-corrected chi connectivity index (χ3v) is 3.33. The number of nitrogens with one attached hydrogen (secondary N) is 1. The van der Waals surface area contributed by atoms with E-state index in [9.17, 15) is 4.79 Å². The molecule has 0 spiro atoms. The molecule has 1 amide bonds. The molecular formula is C14H22N4O2. The van der Waals surface area contributed by atoms with Gasteiger partial charge in [-0.2, -0.15) is 0 Å². The van der Waals surface area contributed by atoms with Crippen LogP contribution < -0.4 is 10.1 Å². The van der Waals surface area contributed by atoms with Crippen molar-refractivity contribution >= 4 is 5.91 Å². The van der Waals surface area contributed by atoms with Crippen molar-refractivity contribution in [3.05, 3.63) is 18.6 Å². The van der Waals surface area contributed by atoms with Crippen LogP contribution in [-0.4, -0.2) is 53.6 Å². The zero-order valence-corrected chi connectivity index (χ0v) is 12.1. The lowest BCUT2D eigenvalue weighted by Gasteiger charge is -2.29. The molecule has 0 unspecified atom stereocenters. The summed E-state index contributed by atoms with van der Waals surface area (Å²) in [7, 11) is 3.79. The maximum absolute atomic E-state index is 11.7. The Hall–Kier alpha value is -1.69. The third-order valence-electron chi connectivity index (χ3n) is 3.33. The second-order valence-corrected chi connectivity index (χ2v) is 5.44. The first-order chi connectivity index (χ1) is 9.63. The molecule has 0 radical (unpaired) electrons. The van der Waals surface area contributed by atoms with E-state index in [4.69, 9.17) is 4.74 Å². The molecule has 0 aliphatic heterocycles. The van der Waals surface area contributed by atoms with Crippen molar-refractivity contribution in [2.24, 2.45) is 0 Å². The Kier molecular flexibility index (Phi) is 5.29. The van der Waals surface area contributed by atoms with Crippen molar-refractivity contribution < 1.29 is 9.53 Å². The van der Waals surface area contributed by atoms with Gasteiger partial charge in [-0.15, -0.1) is 0 Å². The van der Waals surface area contributed by atoms with Gasteiger partial charge in [-0.05, 0) is 39.8 Å². The molecule has 1 fully saturated rings. The van der Waals surface area contributed by atoms with Gasteiger partial charge >= 0.3 is 0 Å². The number of likely N-dealkylation sites (N-methyl/N-ethyl adjacent to an activating group) is 1.